The van der Waals surface area contributed by atoms with Crippen LogP contribution < -0.4 is 5.73 Å². The highest BCUT2D eigenvalue weighted by Gasteiger charge is 2.47. The second kappa shape index (κ2) is 5.87. The van der Waals surface area contributed by atoms with Crippen molar-refractivity contribution in [3.63, 3.8) is 0 Å². The Morgan fingerprint density at radius 3 is 2.44 bits per heavy atom. The Labute approximate surface area is 111 Å². The van der Waals surface area contributed by atoms with E-state index in [2.05, 4.69) is 23.9 Å². The number of rotatable bonds is 6. The van der Waals surface area contributed by atoms with Crippen LogP contribution in [0.4, 0.5) is 0 Å². The average molecular weight is 255 g/mol. The van der Waals surface area contributed by atoms with Crippen LogP contribution >= 0.6 is 0 Å². The van der Waals surface area contributed by atoms with E-state index in [4.69, 9.17) is 10.5 Å². The molecular formula is C14H29N3O. The van der Waals surface area contributed by atoms with E-state index in [0.29, 0.717) is 0 Å². The van der Waals surface area contributed by atoms with Crippen molar-refractivity contribution in [3.05, 3.63) is 0 Å². The van der Waals surface area contributed by atoms with Gasteiger partial charge < -0.3 is 15.4 Å². The van der Waals surface area contributed by atoms with Gasteiger partial charge in [0.2, 0.25) is 0 Å². The van der Waals surface area contributed by atoms with Gasteiger partial charge >= 0.3 is 0 Å². The highest BCUT2D eigenvalue weighted by atomic mass is 16.5. The van der Waals surface area contributed by atoms with E-state index in [0.717, 1.165) is 38.2 Å². The van der Waals surface area contributed by atoms with Crippen molar-refractivity contribution in [1.82, 2.24) is 9.80 Å². The van der Waals surface area contributed by atoms with Crippen molar-refractivity contribution in [2.75, 3.05) is 40.9 Å². The minimum Gasteiger partial charge on any atom is -0.385 e. The maximum Gasteiger partial charge on any atom is 0.0474 e. The second-order valence-corrected chi connectivity index (χ2v) is 6.16. The summed E-state index contributed by atoms with van der Waals surface area (Å²) in [6, 6.07) is 1.49. The zero-order chi connectivity index (χ0) is 13.2. The number of likely N-dealkylation sites (N-methyl/N-ethyl adjacent to an activating group) is 1. The van der Waals surface area contributed by atoms with Crippen LogP contribution in [0.1, 0.15) is 32.1 Å². The van der Waals surface area contributed by atoms with E-state index in [9.17, 15) is 0 Å². The third-order valence-corrected chi connectivity index (χ3v) is 5.25. The van der Waals surface area contributed by atoms with E-state index in [1.54, 1.807) is 7.11 Å². The lowest BCUT2D eigenvalue weighted by Crippen LogP contribution is -2.61. The molecule has 18 heavy (non-hydrogen) atoms. The first kappa shape index (κ1) is 14.3. The van der Waals surface area contributed by atoms with Crippen LogP contribution in [0.15, 0.2) is 0 Å². The Bertz CT molecular complexity index is 258. The molecule has 2 atom stereocenters. The zero-order valence-corrected chi connectivity index (χ0v) is 12.2. The molecule has 2 aliphatic heterocycles. The smallest absolute Gasteiger partial charge is 0.0474 e. The van der Waals surface area contributed by atoms with Gasteiger partial charge in [-0.3, -0.25) is 4.90 Å². The third-order valence-electron chi connectivity index (χ3n) is 5.25. The Balaban J connectivity index is 1.98. The van der Waals surface area contributed by atoms with Crippen LogP contribution in [0.3, 0.4) is 0 Å². The standard InChI is InChI=1S/C14H29N3O/c1-16(7-4-8-18-3)14(11-15)9-12-5-6-13(10-14)17(12)2/h12-13H,4-11,15H2,1-3H3. The number of hydrogen-bond donors (Lipinski definition) is 1. The van der Waals surface area contributed by atoms with E-state index in [1.165, 1.54) is 25.7 Å². The van der Waals surface area contributed by atoms with Gasteiger partial charge in [-0.05, 0) is 46.2 Å². The summed E-state index contributed by atoms with van der Waals surface area (Å²) >= 11 is 0. The van der Waals surface area contributed by atoms with Crippen molar-refractivity contribution in [3.8, 4) is 0 Å². The number of hydrogen-bond acceptors (Lipinski definition) is 4. The van der Waals surface area contributed by atoms with Gasteiger partial charge in [-0.2, -0.15) is 0 Å². The molecule has 0 aromatic carbocycles. The molecule has 2 unspecified atom stereocenters. The minimum atomic E-state index is 0.228. The normalized spacial score (nSPS) is 36.5. The Hall–Kier alpha value is -0.160. The molecule has 0 amide bonds. The molecule has 2 fully saturated rings. The molecule has 0 aromatic rings. The molecule has 0 spiro atoms. The first-order chi connectivity index (χ1) is 8.63. The summed E-state index contributed by atoms with van der Waals surface area (Å²) in [5.41, 5.74) is 6.38. The lowest BCUT2D eigenvalue weighted by atomic mass is 9.81. The summed E-state index contributed by atoms with van der Waals surface area (Å²) in [5.74, 6) is 0. The van der Waals surface area contributed by atoms with E-state index < -0.39 is 0 Å². The molecule has 2 aliphatic rings. The SMILES string of the molecule is COCCCN(C)C1(CN)CC2CCC(C1)N2C. The summed E-state index contributed by atoms with van der Waals surface area (Å²) in [7, 11) is 6.30. The van der Waals surface area contributed by atoms with Gasteiger partial charge in [0.15, 0.2) is 0 Å². The van der Waals surface area contributed by atoms with Gasteiger partial charge in [-0.25, -0.2) is 0 Å². The van der Waals surface area contributed by atoms with Crippen LogP contribution in [0.25, 0.3) is 0 Å². The third kappa shape index (κ3) is 2.57. The number of piperidine rings is 1. The van der Waals surface area contributed by atoms with Crippen molar-refractivity contribution < 1.29 is 4.74 Å². The van der Waals surface area contributed by atoms with Gasteiger partial charge in [-0.15, -0.1) is 0 Å². The van der Waals surface area contributed by atoms with E-state index in [-0.39, 0.29) is 5.54 Å². The van der Waals surface area contributed by atoms with Crippen molar-refractivity contribution in [2.45, 2.75) is 49.7 Å². The molecule has 2 rings (SSSR count). The van der Waals surface area contributed by atoms with Gasteiger partial charge in [0.25, 0.3) is 0 Å². The maximum absolute atomic E-state index is 6.15. The fraction of sp³-hybridized carbons (Fsp3) is 1.00. The van der Waals surface area contributed by atoms with Crippen LogP contribution in [0.5, 0.6) is 0 Å². The first-order valence-electron chi connectivity index (χ1n) is 7.25. The Morgan fingerprint density at radius 1 is 1.33 bits per heavy atom. The molecule has 2 N–H and O–H groups in total. The highest BCUT2D eigenvalue weighted by molar-refractivity contribution is 5.05. The molecule has 4 heteroatoms. The molecule has 0 aliphatic carbocycles. The van der Waals surface area contributed by atoms with Crippen LogP contribution in [-0.4, -0.2) is 68.3 Å². The largest absolute Gasteiger partial charge is 0.385 e. The molecule has 2 saturated heterocycles. The number of nitrogens with zero attached hydrogens (tertiary/aromatic N) is 2. The minimum absolute atomic E-state index is 0.228. The van der Waals surface area contributed by atoms with Gasteiger partial charge in [-0.1, -0.05) is 0 Å². The summed E-state index contributed by atoms with van der Waals surface area (Å²) in [6.07, 6.45) is 6.28. The van der Waals surface area contributed by atoms with E-state index >= 15 is 0 Å². The Morgan fingerprint density at radius 2 is 1.94 bits per heavy atom. The van der Waals surface area contributed by atoms with Gasteiger partial charge in [0, 0.05) is 44.4 Å². The molecule has 2 heterocycles. The molecular weight excluding hydrogens is 226 g/mol. The molecule has 2 bridgehead atoms. The van der Waals surface area contributed by atoms with Crippen molar-refractivity contribution in [1.29, 1.82) is 0 Å². The van der Waals surface area contributed by atoms with Crippen molar-refractivity contribution >= 4 is 0 Å². The van der Waals surface area contributed by atoms with Crippen molar-refractivity contribution in [2.24, 2.45) is 5.73 Å². The summed E-state index contributed by atoms with van der Waals surface area (Å²) in [5, 5.41) is 0. The summed E-state index contributed by atoms with van der Waals surface area (Å²) in [6.45, 7) is 2.73. The second-order valence-electron chi connectivity index (χ2n) is 6.16. The summed E-state index contributed by atoms with van der Waals surface area (Å²) < 4.78 is 5.15. The van der Waals surface area contributed by atoms with E-state index in [1.807, 2.05) is 0 Å². The number of nitrogens with two attached hydrogens (primary N) is 1. The highest BCUT2D eigenvalue weighted by Crippen LogP contribution is 2.41. The number of methoxy groups -OCH3 is 1. The summed E-state index contributed by atoms with van der Waals surface area (Å²) in [4.78, 5) is 5.08. The van der Waals surface area contributed by atoms with Crippen LogP contribution in [-0.2, 0) is 4.74 Å². The molecule has 4 nitrogen and oxygen atoms in total. The number of ether oxygens (including phenoxy) is 1. The predicted octanol–water partition coefficient (Wildman–Crippen LogP) is 0.909. The molecule has 106 valence electrons. The fourth-order valence-corrected chi connectivity index (χ4v) is 3.86. The fourth-order valence-electron chi connectivity index (χ4n) is 3.86. The van der Waals surface area contributed by atoms with Crippen LogP contribution in [0.2, 0.25) is 0 Å². The number of fused-ring (bicyclic) bond motifs is 2. The maximum atomic E-state index is 6.15. The van der Waals surface area contributed by atoms with Gasteiger partial charge in [0.05, 0.1) is 0 Å². The Kier molecular flexibility index (Phi) is 4.64. The predicted molar refractivity (Wildman–Crippen MR) is 74.7 cm³/mol. The molecule has 0 radical (unpaired) electrons. The lowest BCUT2D eigenvalue weighted by molar-refractivity contribution is 0.0125. The van der Waals surface area contributed by atoms with Crippen LogP contribution in [0, 0.1) is 0 Å². The zero-order valence-electron chi connectivity index (χ0n) is 12.2. The monoisotopic (exact) mass is 255 g/mol. The quantitative estimate of drug-likeness (QED) is 0.716. The topological polar surface area (TPSA) is 41.7 Å². The molecule has 0 aromatic heterocycles. The average Bonchev–Trinajstić information content (AvgIpc) is 2.62. The molecule has 0 saturated carbocycles. The lowest BCUT2D eigenvalue weighted by Gasteiger charge is -2.50. The van der Waals surface area contributed by atoms with Gasteiger partial charge in [0.1, 0.15) is 0 Å². The first-order valence-corrected chi connectivity index (χ1v) is 7.25.